The van der Waals surface area contributed by atoms with Crippen LogP contribution in [0.1, 0.15) is 41.2 Å². The molecule has 7 aromatic rings. The van der Waals surface area contributed by atoms with Crippen LogP contribution in [-0.2, 0) is 13.0 Å². The fourth-order valence-electron chi connectivity index (χ4n) is 5.77. The summed E-state index contributed by atoms with van der Waals surface area (Å²) in [6.45, 7) is 4.86. The molecule has 1 aromatic heterocycles. The van der Waals surface area contributed by atoms with E-state index in [1.807, 2.05) is 78.9 Å². The first-order valence-corrected chi connectivity index (χ1v) is 18.2. The molecule has 1 heterocycles. The lowest BCUT2D eigenvalue weighted by atomic mass is 9.96. The summed E-state index contributed by atoms with van der Waals surface area (Å²) in [6, 6.07) is 51.6. The molecule has 264 valence electrons. The van der Waals surface area contributed by atoms with Crippen molar-refractivity contribution < 1.29 is 4.42 Å². The molecule has 7 rings (SSSR count). The van der Waals surface area contributed by atoms with Crippen molar-refractivity contribution in [3.63, 3.8) is 0 Å². The molecule has 6 aromatic carbocycles. The zero-order chi connectivity index (χ0) is 37.1. The molecular weight excluding hydrogens is 645 g/mol. The number of para-hydroxylation sites is 1. The van der Waals surface area contributed by atoms with Crippen molar-refractivity contribution in [2.45, 2.75) is 33.2 Å². The van der Waals surface area contributed by atoms with E-state index < -0.39 is 0 Å². The van der Waals surface area contributed by atoms with Gasteiger partial charge in [0.25, 0.3) is 0 Å². The summed E-state index contributed by atoms with van der Waals surface area (Å²) in [6.07, 6.45) is 18.0. The van der Waals surface area contributed by atoms with Gasteiger partial charge in [-0.05, 0) is 76.9 Å². The van der Waals surface area contributed by atoms with Gasteiger partial charge < -0.3 is 15.6 Å². The molecule has 0 amide bonds. The minimum Gasteiger partial charge on any atom is -0.456 e. The average molecular weight is 693 g/mol. The lowest BCUT2D eigenvalue weighted by molar-refractivity contribution is 0.664. The monoisotopic (exact) mass is 692 g/mol. The van der Waals surface area contributed by atoms with Gasteiger partial charge in [-0.15, -0.1) is 0 Å². The molecule has 0 saturated carbocycles. The van der Waals surface area contributed by atoms with Crippen molar-refractivity contribution in [3.05, 3.63) is 222 Å². The van der Waals surface area contributed by atoms with Gasteiger partial charge in [0, 0.05) is 23.5 Å². The molecule has 0 aliphatic carbocycles. The van der Waals surface area contributed by atoms with Crippen LogP contribution in [0.15, 0.2) is 199 Å². The first kappa shape index (κ1) is 38.0. The highest BCUT2D eigenvalue weighted by molar-refractivity contribution is 6.07. The van der Waals surface area contributed by atoms with E-state index in [-0.39, 0.29) is 0 Å². The lowest BCUT2D eigenvalue weighted by Crippen LogP contribution is -1.94. The van der Waals surface area contributed by atoms with Gasteiger partial charge in [0.15, 0.2) is 0 Å². The van der Waals surface area contributed by atoms with Crippen molar-refractivity contribution in [1.29, 1.82) is 5.41 Å². The van der Waals surface area contributed by atoms with Crippen molar-refractivity contribution in [2.75, 3.05) is 0 Å². The number of aryl methyl sites for hydroxylation is 1. The molecule has 0 bridgehead atoms. The van der Waals surface area contributed by atoms with Gasteiger partial charge in [0.05, 0.1) is 0 Å². The Kier molecular flexibility index (Phi) is 14.7. The standard InChI is InChI=1S/C36H31NO.C7H9N.C7H8/c1-2-3-4-5-6-8-15-29(28-13-9-7-10-14-28)22-23-31-24-32(30-20-18-27(26-37)19-21-30)25-34-33-16-11-12-17-35(33)38-36(31)34;8-6-7-4-2-1-3-5-7;1-7-5-3-2-4-6-7/h3-22,24-26,37H,2,23H2,1H3;1-5H,6,8H2;2-6H,1H3/b4-3-,6-5-,15-8+,29-22+,37-26?;;. The number of nitrogens with one attached hydrogen (secondary N) is 1. The number of allylic oxidation sites excluding steroid dienone is 8. The molecule has 3 nitrogen and oxygen atoms in total. The van der Waals surface area contributed by atoms with Gasteiger partial charge in [-0.25, -0.2) is 0 Å². The van der Waals surface area contributed by atoms with Crippen molar-refractivity contribution >= 4 is 33.7 Å². The quantitative estimate of drug-likeness (QED) is 0.111. The van der Waals surface area contributed by atoms with E-state index in [1.165, 1.54) is 28.5 Å². The predicted octanol–water partition coefficient (Wildman–Crippen LogP) is 13.1. The molecule has 0 unspecified atom stereocenters. The maximum Gasteiger partial charge on any atom is 0.138 e. The van der Waals surface area contributed by atoms with E-state index in [4.69, 9.17) is 15.6 Å². The minimum atomic E-state index is 0.640. The van der Waals surface area contributed by atoms with Gasteiger partial charge in [-0.2, -0.15) is 0 Å². The molecule has 0 fully saturated rings. The van der Waals surface area contributed by atoms with Gasteiger partial charge in [-0.1, -0.05) is 188 Å². The summed E-state index contributed by atoms with van der Waals surface area (Å²) in [5, 5.41) is 9.78. The van der Waals surface area contributed by atoms with E-state index >= 15 is 0 Å². The lowest BCUT2D eigenvalue weighted by Gasteiger charge is -2.08. The third-order valence-corrected chi connectivity index (χ3v) is 8.61. The summed E-state index contributed by atoms with van der Waals surface area (Å²) in [5.41, 5.74) is 16.4. The van der Waals surface area contributed by atoms with Crippen LogP contribution in [0.5, 0.6) is 0 Å². The number of fused-ring (bicyclic) bond motifs is 3. The third-order valence-electron chi connectivity index (χ3n) is 8.61. The van der Waals surface area contributed by atoms with Crippen LogP contribution >= 0.6 is 0 Å². The van der Waals surface area contributed by atoms with Crippen molar-refractivity contribution in [1.82, 2.24) is 0 Å². The molecule has 0 radical (unpaired) electrons. The minimum absolute atomic E-state index is 0.640. The predicted molar refractivity (Wildman–Crippen MR) is 228 cm³/mol. The Bertz CT molecular complexity index is 2280. The molecule has 0 spiro atoms. The highest BCUT2D eigenvalue weighted by Gasteiger charge is 2.13. The third kappa shape index (κ3) is 11.4. The Labute approximate surface area is 314 Å². The maximum atomic E-state index is 7.53. The first-order chi connectivity index (χ1) is 26.1. The summed E-state index contributed by atoms with van der Waals surface area (Å²) in [5.74, 6) is 0. The fraction of sp³-hybridized carbons (Fsp3) is 0.100. The van der Waals surface area contributed by atoms with Gasteiger partial charge >= 0.3 is 0 Å². The van der Waals surface area contributed by atoms with Crippen molar-refractivity contribution in [2.24, 2.45) is 5.73 Å². The highest BCUT2D eigenvalue weighted by atomic mass is 16.3. The summed E-state index contributed by atoms with van der Waals surface area (Å²) in [7, 11) is 0. The van der Waals surface area contributed by atoms with E-state index in [0.29, 0.717) is 6.54 Å². The van der Waals surface area contributed by atoms with Gasteiger partial charge in [0.2, 0.25) is 0 Å². The number of hydrogen-bond acceptors (Lipinski definition) is 3. The summed E-state index contributed by atoms with van der Waals surface area (Å²) in [4.78, 5) is 0. The second-order valence-corrected chi connectivity index (χ2v) is 12.5. The van der Waals surface area contributed by atoms with Crippen LogP contribution in [0, 0.1) is 12.3 Å². The smallest absolute Gasteiger partial charge is 0.138 e. The number of hydrogen-bond donors (Lipinski definition) is 2. The molecule has 0 aliphatic rings. The Morgan fingerprint density at radius 1 is 0.660 bits per heavy atom. The Hall–Kier alpha value is -6.29. The number of benzene rings is 6. The van der Waals surface area contributed by atoms with Gasteiger partial charge in [0.1, 0.15) is 11.2 Å². The Balaban J connectivity index is 0.000000297. The zero-order valence-electron chi connectivity index (χ0n) is 30.7. The van der Waals surface area contributed by atoms with E-state index in [2.05, 4.69) is 129 Å². The Morgan fingerprint density at radius 2 is 1.30 bits per heavy atom. The molecular formula is C50H48N2O. The first-order valence-electron chi connectivity index (χ1n) is 18.2. The number of rotatable bonds is 10. The van der Waals surface area contributed by atoms with Gasteiger partial charge in [-0.3, -0.25) is 0 Å². The SMILES string of the molecule is CC\C=C/C=C\C=C\C(=C/Cc1cc(-c2ccc(C=N)cc2)cc2c1oc1ccccc12)c1ccccc1.Cc1ccccc1.NCc1ccccc1. The Morgan fingerprint density at radius 3 is 1.92 bits per heavy atom. The van der Waals surface area contributed by atoms with Crippen LogP contribution < -0.4 is 5.73 Å². The molecule has 53 heavy (non-hydrogen) atoms. The molecule has 3 N–H and O–H groups in total. The average Bonchev–Trinajstić information content (AvgIpc) is 3.60. The largest absolute Gasteiger partial charge is 0.456 e. The fourth-order valence-corrected chi connectivity index (χ4v) is 5.77. The molecule has 0 atom stereocenters. The second kappa shape index (κ2) is 20.5. The van der Waals surface area contributed by atoms with E-state index in [9.17, 15) is 0 Å². The van der Waals surface area contributed by atoms with Crippen LogP contribution in [0.2, 0.25) is 0 Å². The maximum absolute atomic E-state index is 7.53. The second-order valence-electron chi connectivity index (χ2n) is 12.5. The van der Waals surface area contributed by atoms with Crippen LogP contribution in [-0.4, -0.2) is 6.21 Å². The topological polar surface area (TPSA) is 63.0 Å². The molecule has 0 aliphatic heterocycles. The summed E-state index contributed by atoms with van der Waals surface area (Å²) >= 11 is 0. The summed E-state index contributed by atoms with van der Waals surface area (Å²) < 4.78 is 6.39. The molecule has 0 saturated heterocycles. The number of nitrogens with two attached hydrogens (primary N) is 1. The van der Waals surface area contributed by atoms with Crippen LogP contribution in [0.25, 0.3) is 38.6 Å². The normalized spacial score (nSPS) is 11.5. The van der Waals surface area contributed by atoms with Crippen molar-refractivity contribution in [3.8, 4) is 11.1 Å². The highest BCUT2D eigenvalue weighted by Crippen LogP contribution is 2.36. The number of furan rings is 1. The van der Waals surface area contributed by atoms with E-state index in [0.717, 1.165) is 57.0 Å². The van der Waals surface area contributed by atoms with Crippen LogP contribution in [0.3, 0.4) is 0 Å². The van der Waals surface area contributed by atoms with E-state index in [1.54, 1.807) is 0 Å². The molecule has 3 heteroatoms. The van der Waals surface area contributed by atoms with Crippen LogP contribution in [0.4, 0.5) is 0 Å². The zero-order valence-corrected chi connectivity index (χ0v) is 30.7.